The zero-order valence-corrected chi connectivity index (χ0v) is 24.8. The van der Waals surface area contributed by atoms with E-state index >= 15 is 0 Å². The largest absolute Gasteiger partial charge is 0.493 e. The van der Waals surface area contributed by atoms with E-state index in [1.807, 2.05) is 19.1 Å². The molecule has 1 aliphatic heterocycles. The van der Waals surface area contributed by atoms with Crippen LogP contribution in [0.5, 0.6) is 23.1 Å². The summed E-state index contributed by atoms with van der Waals surface area (Å²) in [7, 11) is 3.15. The summed E-state index contributed by atoms with van der Waals surface area (Å²) in [4.78, 5) is 29.0. The number of likely N-dealkylation sites (tertiary alicyclic amines) is 1. The van der Waals surface area contributed by atoms with E-state index in [-0.39, 0.29) is 24.5 Å². The number of carboxylic acids is 1. The SMILES string of the molecule is COc1cc2nc(Nc3nc(O)c4cc(OCCN5CCCCC5CO)ccc4n3)nc(C)c2cc1OC.O=C(O)C(F)(F)F. The van der Waals surface area contributed by atoms with Gasteiger partial charge >= 0.3 is 12.1 Å². The molecule has 5 rings (SSSR count). The van der Waals surface area contributed by atoms with Gasteiger partial charge in [0.1, 0.15) is 12.4 Å². The highest BCUT2D eigenvalue weighted by molar-refractivity contribution is 5.87. The number of nitrogens with zero attached hydrogens (tertiary/aromatic N) is 5. The van der Waals surface area contributed by atoms with Gasteiger partial charge < -0.3 is 29.5 Å². The number of aromatic nitrogens is 4. The number of carbonyl (C=O) groups is 1. The molecule has 2 aromatic heterocycles. The Bertz CT molecular complexity index is 1660. The molecular formula is C29H33F3N6O7. The van der Waals surface area contributed by atoms with Crippen molar-refractivity contribution in [2.75, 3.05) is 45.8 Å². The van der Waals surface area contributed by atoms with Crippen LogP contribution in [0.2, 0.25) is 0 Å². The molecule has 242 valence electrons. The van der Waals surface area contributed by atoms with E-state index in [1.54, 1.807) is 32.4 Å². The highest BCUT2D eigenvalue weighted by atomic mass is 19.4. The number of hydrogen-bond acceptors (Lipinski definition) is 12. The number of carboxylic acid groups (broad SMARTS) is 1. The van der Waals surface area contributed by atoms with Crippen LogP contribution in [-0.4, -0.2) is 98.9 Å². The molecule has 1 atom stereocenters. The van der Waals surface area contributed by atoms with Crippen LogP contribution >= 0.6 is 0 Å². The topological polar surface area (TPSA) is 172 Å². The van der Waals surface area contributed by atoms with Crippen molar-refractivity contribution in [1.82, 2.24) is 24.8 Å². The Morgan fingerprint density at radius 1 is 1.00 bits per heavy atom. The van der Waals surface area contributed by atoms with Crippen molar-refractivity contribution >= 4 is 39.7 Å². The normalized spacial score (nSPS) is 15.3. The first-order valence-electron chi connectivity index (χ1n) is 13.9. The third kappa shape index (κ3) is 8.27. The molecule has 1 saturated heterocycles. The fraction of sp³-hybridized carbons (Fsp3) is 0.414. The molecule has 0 bridgehead atoms. The Balaban J connectivity index is 0.000000591. The molecule has 1 fully saturated rings. The number of hydrogen-bond donors (Lipinski definition) is 4. The highest BCUT2D eigenvalue weighted by Crippen LogP contribution is 2.33. The van der Waals surface area contributed by atoms with Crippen LogP contribution in [0.4, 0.5) is 25.1 Å². The summed E-state index contributed by atoms with van der Waals surface area (Å²) in [5.41, 5.74) is 1.95. The van der Waals surface area contributed by atoms with Crippen molar-refractivity contribution < 1.29 is 47.5 Å². The van der Waals surface area contributed by atoms with E-state index < -0.39 is 12.1 Å². The lowest BCUT2D eigenvalue weighted by molar-refractivity contribution is -0.192. The number of rotatable bonds is 9. The van der Waals surface area contributed by atoms with Gasteiger partial charge in [-0.05, 0) is 50.6 Å². The van der Waals surface area contributed by atoms with Gasteiger partial charge in [-0.25, -0.2) is 19.7 Å². The number of aliphatic hydroxyl groups is 1. The minimum Gasteiger partial charge on any atom is -0.493 e. The zero-order valence-electron chi connectivity index (χ0n) is 24.8. The van der Waals surface area contributed by atoms with Crippen LogP contribution in [-0.2, 0) is 4.79 Å². The van der Waals surface area contributed by atoms with Crippen molar-refractivity contribution in [3.63, 3.8) is 0 Å². The van der Waals surface area contributed by atoms with Crippen molar-refractivity contribution in [3.05, 3.63) is 36.0 Å². The Morgan fingerprint density at radius 3 is 2.33 bits per heavy atom. The van der Waals surface area contributed by atoms with E-state index in [9.17, 15) is 23.4 Å². The first kappa shape index (κ1) is 33.2. The molecule has 0 amide bonds. The number of aryl methyl sites for hydroxylation is 1. The maximum absolute atomic E-state index is 10.6. The average molecular weight is 635 g/mol. The summed E-state index contributed by atoms with van der Waals surface area (Å²) < 4.78 is 48.4. The van der Waals surface area contributed by atoms with Crippen molar-refractivity contribution in [2.24, 2.45) is 0 Å². The number of benzene rings is 2. The molecule has 0 aliphatic carbocycles. The molecule has 16 heteroatoms. The van der Waals surface area contributed by atoms with Crippen LogP contribution in [0, 0.1) is 6.92 Å². The third-order valence-corrected chi connectivity index (χ3v) is 7.11. The quantitative estimate of drug-likeness (QED) is 0.207. The Morgan fingerprint density at radius 2 is 1.67 bits per heavy atom. The average Bonchev–Trinajstić information content (AvgIpc) is 3.00. The standard InChI is InChI=1S/C27H32N6O5.C2HF3O2/c1-16-19-13-23(36-2)24(37-3)14-22(19)30-26(28-16)32-27-29-21-8-7-18(12-20(21)25(35)31-27)38-11-10-33-9-5-4-6-17(33)15-34;3-2(4,5)1(6)7/h7-8,12-14,17,34H,4-6,9-11,15H2,1-3H3,(H2,28,29,30,31,32,35);(H,6,7). The van der Waals surface area contributed by atoms with Crippen LogP contribution < -0.4 is 19.5 Å². The smallest absolute Gasteiger partial charge is 0.490 e. The molecule has 1 aliphatic rings. The van der Waals surface area contributed by atoms with Gasteiger partial charge in [0.2, 0.25) is 17.8 Å². The molecule has 45 heavy (non-hydrogen) atoms. The number of ether oxygens (including phenoxy) is 3. The predicted molar refractivity (Wildman–Crippen MR) is 157 cm³/mol. The molecule has 0 radical (unpaired) electrons. The van der Waals surface area contributed by atoms with Crippen LogP contribution in [0.25, 0.3) is 21.8 Å². The second-order valence-electron chi connectivity index (χ2n) is 10.1. The minimum atomic E-state index is -5.08. The molecule has 0 spiro atoms. The van der Waals surface area contributed by atoms with E-state index in [4.69, 9.17) is 24.1 Å². The van der Waals surface area contributed by atoms with Gasteiger partial charge in [0.25, 0.3) is 0 Å². The van der Waals surface area contributed by atoms with Crippen molar-refractivity contribution in [1.29, 1.82) is 0 Å². The summed E-state index contributed by atoms with van der Waals surface area (Å²) in [5, 5.41) is 31.7. The first-order valence-corrected chi connectivity index (χ1v) is 13.9. The third-order valence-electron chi connectivity index (χ3n) is 7.11. The van der Waals surface area contributed by atoms with Gasteiger partial charge in [-0.2, -0.15) is 18.2 Å². The maximum Gasteiger partial charge on any atom is 0.490 e. The number of alkyl halides is 3. The molecular weight excluding hydrogens is 601 g/mol. The summed E-state index contributed by atoms with van der Waals surface area (Å²) in [6.45, 7) is 4.23. The lowest BCUT2D eigenvalue weighted by Gasteiger charge is -2.34. The second kappa shape index (κ2) is 14.4. The number of fused-ring (bicyclic) bond motifs is 2. The second-order valence-corrected chi connectivity index (χ2v) is 10.1. The van der Waals surface area contributed by atoms with Gasteiger partial charge in [-0.15, -0.1) is 0 Å². The Labute approximate surface area is 255 Å². The number of nitrogens with one attached hydrogen (secondary N) is 1. The molecule has 3 heterocycles. The number of methoxy groups -OCH3 is 2. The van der Waals surface area contributed by atoms with Gasteiger partial charge in [0.15, 0.2) is 11.5 Å². The lowest BCUT2D eigenvalue weighted by Crippen LogP contribution is -2.43. The predicted octanol–water partition coefficient (Wildman–Crippen LogP) is 4.21. The maximum atomic E-state index is 10.6. The first-order chi connectivity index (χ1) is 21.4. The number of anilines is 2. The van der Waals surface area contributed by atoms with E-state index in [0.29, 0.717) is 46.2 Å². The highest BCUT2D eigenvalue weighted by Gasteiger charge is 2.38. The fourth-order valence-electron chi connectivity index (χ4n) is 4.84. The summed E-state index contributed by atoms with van der Waals surface area (Å²) in [6.07, 6.45) is -1.78. The molecule has 13 nitrogen and oxygen atoms in total. The molecule has 0 saturated carbocycles. The minimum absolute atomic E-state index is 0.169. The van der Waals surface area contributed by atoms with Gasteiger partial charge in [0.05, 0.1) is 42.9 Å². The number of halogens is 3. The van der Waals surface area contributed by atoms with Crippen molar-refractivity contribution in [2.45, 2.75) is 38.4 Å². The molecule has 1 unspecified atom stereocenters. The summed E-state index contributed by atoms with van der Waals surface area (Å²) >= 11 is 0. The van der Waals surface area contributed by atoms with Gasteiger partial charge in [-0.3, -0.25) is 10.2 Å². The van der Waals surface area contributed by atoms with E-state index in [0.717, 1.165) is 43.4 Å². The number of aromatic hydroxyl groups is 1. The molecule has 4 N–H and O–H groups in total. The zero-order chi connectivity index (χ0) is 32.7. The van der Waals surface area contributed by atoms with Crippen molar-refractivity contribution in [3.8, 4) is 23.1 Å². The summed E-state index contributed by atoms with van der Waals surface area (Å²) in [6, 6.07) is 9.14. The summed E-state index contributed by atoms with van der Waals surface area (Å²) in [5.74, 6) is -0.698. The van der Waals surface area contributed by atoms with E-state index in [2.05, 4.69) is 30.2 Å². The molecule has 2 aromatic carbocycles. The number of aliphatic carboxylic acids is 1. The van der Waals surface area contributed by atoms with Gasteiger partial charge in [-0.1, -0.05) is 6.42 Å². The lowest BCUT2D eigenvalue weighted by atomic mass is 10.0. The van der Waals surface area contributed by atoms with Gasteiger partial charge in [0, 0.05) is 24.0 Å². The van der Waals surface area contributed by atoms with Crippen LogP contribution in [0.3, 0.4) is 0 Å². The van der Waals surface area contributed by atoms with E-state index in [1.165, 1.54) is 0 Å². The Hall–Kier alpha value is -4.70. The number of piperidine rings is 1. The number of aliphatic hydroxyl groups excluding tert-OH is 1. The molecule has 4 aromatic rings. The Kier molecular flexibility index (Phi) is 10.6. The monoisotopic (exact) mass is 634 g/mol. The van der Waals surface area contributed by atoms with Crippen LogP contribution in [0.15, 0.2) is 30.3 Å². The van der Waals surface area contributed by atoms with Crippen LogP contribution in [0.1, 0.15) is 25.0 Å². The fourth-order valence-corrected chi connectivity index (χ4v) is 4.84.